The van der Waals surface area contributed by atoms with Gasteiger partial charge in [-0.15, -0.1) is 0 Å². The SMILES string of the molecule is CSc1nc2c(c(=O)[nH]1)[C@H](C(=O)Nc1cccc(F)c1)CC(=O)N2. The van der Waals surface area contributed by atoms with Crippen LogP contribution in [-0.2, 0) is 9.59 Å². The summed E-state index contributed by atoms with van der Waals surface area (Å²) in [6, 6.07) is 5.37. The number of nitrogens with zero attached hydrogens (tertiary/aromatic N) is 1. The van der Waals surface area contributed by atoms with Crippen molar-refractivity contribution in [1.82, 2.24) is 9.97 Å². The van der Waals surface area contributed by atoms with Crippen LogP contribution in [0, 0.1) is 5.82 Å². The molecule has 9 heteroatoms. The van der Waals surface area contributed by atoms with Gasteiger partial charge in [0.25, 0.3) is 5.56 Å². The predicted molar refractivity (Wildman–Crippen MR) is 87.7 cm³/mol. The number of anilines is 2. The number of amides is 2. The number of carbonyl (C=O) groups excluding carboxylic acids is 2. The van der Waals surface area contributed by atoms with Crippen LogP contribution >= 0.6 is 11.8 Å². The van der Waals surface area contributed by atoms with Gasteiger partial charge in [0.15, 0.2) is 5.16 Å². The standard InChI is InChI=1S/C15H13FN4O3S/c1-24-15-19-12-11(14(23)20-15)9(6-10(21)18-12)13(22)17-8-4-2-3-7(16)5-8/h2-5,9H,6H2,1H3,(H,17,22)(H2,18,19,20,21,23)/t9-/m1/s1. The Bertz CT molecular complexity index is 883. The summed E-state index contributed by atoms with van der Waals surface area (Å²) in [5, 5.41) is 5.37. The maximum absolute atomic E-state index is 13.2. The highest BCUT2D eigenvalue weighted by atomic mass is 32.2. The molecule has 0 saturated carbocycles. The molecule has 3 rings (SSSR count). The second-order valence-electron chi connectivity index (χ2n) is 5.14. The normalized spacial score (nSPS) is 16.2. The Hall–Kier alpha value is -2.68. The van der Waals surface area contributed by atoms with Crippen LogP contribution in [0.25, 0.3) is 0 Å². The molecular formula is C15H13FN4O3S. The van der Waals surface area contributed by atoms with E-state index in [-0.39, 0.29) is 23.5 Å². The molecule has 0 saturated heterocycles. The number of aromatic amines is 1. The van der Waals surface area contributed by atoms with Gasteiger partial charge in [-0.1, -0.05) is 17.8 Å². The van der Waals surface area contributed by atoms with E-state index >= 15 is 0 Å². The fourth-order valence-corrected chi connectivity index (χ4v) is 2.84. The van der Waals surface area contributed by atoms with Crippen LogP contribution in [0.2, 0.25) is 0 Å². The molecule has 1 aromatic heterocycles. The Morgan fingerprint density at radius 3 is 2.92 bits per heavy atom. The fraction of sp³-hybridized carbons (Fsp3) is 0.200. The van der Waals surface area contributed by atoms with Gasteiger partial charge in [-0.2, -0.15) is 0 Å². The van der Waals surface area contributed by atoms with Crippen molar-refractivity contribution in [2.24, 2.45) is 0 Å². The van der Waals surface area contributed by atoms with Crippen molar-refractivity contribution >= 4 is 35.1 Å². The molecule has 0 fully saturated rings. The van der Waals surface area contributed by atoms with Crippen LogP contribution in [0.5, 0.6) is 0 Å². The number of benzene rings is 1. The number of H-pyrrole nitrogens is 1. The van der Waals surface area contributed by atoms with E-state index in [1.165, 1.54) is 30.0 Å². The van der Waals surface area contributed by atoms with Crippen molar-refractivity contribution in [3.8, 4) is 0 Å². The van der Waals surface area contributed by atoms with Gasteiger partial charge in [0.2, 0.25) is 11.8 Å². The zero-order chi connectivity index (χ0) is 17.3. The van der Waals surface area contributed by atoms with Gasteiger partial charge in [-0.25, -0.2) is 9.37 Å². The molecule has 7 nitrogen and oxygen atoms in total. The number of hydrogen-bond acceptors (Lipinski definition) is 5. The van der Waals surface area contributed by atoms with Crippen LogP contribution in [0.3, 0.4) is 0 Å². The third-order valence-electron chi connectivity index (χ3n) is 3.53. The first kappa shape index (κ1) is 16.2. The first-order valence-corrected chi connectivity index (χ1v) is 8.25. The molecule has 3 N–H and O–H groups in total. The lowest BCUT2D eigenvalue weighted by Crippen LogP contribution is -2.36. The highest BCUT2D eigenvalue weighted by molar-refractivity contribution is 7.98. The third-order valence-corrected chi connectivity index (χ3v) is 4.11. The molecule has 2 amide bonds. The smallest absolute Gasteiger partial charge is 0.257 e. The van der Waals surface area contributed by atoms with Gasteiger partial charge in [-0.05, 0) is 24.5 Å². The largest absolute Gasteiger partial charge is 0.325 e. The number of thioether (sulfide) groups is 1. The molecule has 1 atom stereocenters. The molecule has 124 valence electrons. The van der Waals surface area contributed by atoms with E-state index < -0.39 is 29.1 Å². The van der Waals surface area contributed by atoms with Crippen LogP contribution in [-0.4, -0.2) is 28.0 Å². The van der Waals surface area contributed by atoms with Gasteiger partial charge >= 0.3 is 0 Å². The number of halogens is 1. The number of fused-ring (bicyclic) bond motifs is 1. The molecule has 1 aromatic carbocycles. The Kier molecular flexibility index (Phi) is 4.34. The summed E-state index contributed by atoms with van der Waals surface area (Å²) >= 11 is 1.21. The molecule has 0 spiro atoms. The molecule has 0 radical (unpaired) electrons. The second-order valence-corrected chi connectivity index (χ2v) is 5.94. The average molecular weight is 348 g/mol. The first-order valence-electron chi connectivity index (χ1n) is 7.02. The minimum absolute atomic E-state index is 0.0822. The maximum Gasteiger partial charge on any atom is 0.257 e. The van der Waals surface area contributed by atoms with E-state index in [2.05, 4.69) is 20.6 Å². The molecule has 2 aromatic rings. The van der Waals surface area contributed by atoms with Crippen molar-refractivity contribution < 1.29 is 14.0 Å². The zero-order valence-electron chi connectivity index (χ0n) is 12.6. The van der Waals surface area contributed by atoms with E-state index in [9.17, 15) is 18.8 Å². The maximum atomic E-state index is 13.2. The van der Waals surface area contributed by atoms with E-state index in [1.54, 1.807) is 6.26 Å². The Morgan fingerprint density at radius 1 is 1.42 bits per heavy atom. The van der Waals surface area contributed by atoms with E-state index in [1.807, 2.05) is 0 Å². The Labute approximate surface area is 140 Å². The summed E-state index contributed by atoms with van der Waals surface area (Å²) < 4.78 is 13.2. The first-order chi connectivity index (χ1) is 11.5. The monoisotopic (exact) mass is 348 g/mol. The highest BCUT2D eigenvalue weighted by Crippen LogP contribution is 2.30. The van der Waals surface area contributed by atoms with Crippen LogP contribution in [0.4, 0.5) is 15.9 Å². The van der Waals surface area contributed by atoms with Gasteiger partial charge < -0.3 is 15.6 Å². The van der Waals surface area contributed by atoms with E-state index in [0.717, 1.165) is 6.07 Å². The summed E-state index contributed by atoms with van der Waals surface area (Å²) in [6.07, 6.45) is 1.54. The average Bonchev–Trinajstić information content (AvgIpc) is 2.53. The van der Waals surface area contributed by atoms with Gasteiger partial charge in [0.1, 0.15) is 11.6 Å². The van der Waals surface area contributed by atoms with Crippen LogP contribution < -0.4 is 16.2 Å². The van der Waals surface area contributed by atoms with Crippen LogP contribution in [0.15, 0.2) is 34.2 Å². The van der Waals surface area contributed by atoms with Crippen molar-refractivity contribution in [2.45, 2.75) is 17.5 Å². The minimum Gasteiger partial charge on any atom is -0.325 e. The number of rotatable bonds is 3. The molecular weight excluding hydrogens is 335 g/mol. The molecule has 1 aliphatic rings. The van der Waals surface area contributed by atoms with Crippen molar-refractivity contribution in [3.63, 3.8) is 0 Å². The van der Waals surface area contributed by atoms with Crippen molar-refractivity contribution in [3.05, 3.63) is 46.0 Å². The predicted octanol–water partition coefficient (Wildman–Crippen LogP) is 1.70. The topological polar surface area (TPSA) is 104 Å². The molecule has 1 aliphatic heterocycles. The molecule has 0 bridgehead atoms. The van der Waals surface area contributed by atoms with Gasteiger partial charge in [0.05, 0.1) is 11.5 Å². The molecule has 0 aliphatic carbocycles. The van der Waals surface area contributed by atoms with Gasteiger partial charge in [-0.3, -0.25) is 14.4 Å². The van der Waals surface area contributed by atoms with Gasteiger partial charge in [0, 0.05) is 12.1 Å². The van der Waals surface area contributed by atoms with E-state index in [0.29, 0.717) is 5.16 Å². The Morgan fingerprint density at radius 2 is 2.21 bits per heavy atom. The molecule has 24 heavy (non-hydrogen) atoms. The number of aromatic nitrogens is 2. The summed E-state index contributed by atoms with van der Waals surface area (Å²) in [6.45, 7) is 0. The fourth-order valence-electron chi connectivity index (χ4n) is 2.47. The molecule has 0 unspecified atom stereocenters. The number of carbonyl (C=O) groups is 2. The summed E-state index contributed by atoms with van der Waals surface area (Å²) in [5.74, 6) is -2.39. The second kappa shape index (κ2) is 6.44. The highest BCUT2D eigenvalue weighted by Gasteiger charge is 2.34. The molecule has 2 heterocycles. The number of nitrogens with one attached hydrogen (secondary N) is 3. The Balaban J connectivity index is 1.96. The lowest BCUT2D eigenvalue weighted by molar-refractivity contribution is -0.123. The lowest BCUT2D eigenvalue weighted by Gasteiger charge is -2.23. The quantitative estimate of drug-likeness (QED) is 0.578. The van der Waals surface area contributed by atoms with Crippen molar-refractivity contribution in [1.29, 1.82) is 0 Å². The summed E-state index contributed by atoms with van der Waals surface area (Å²) in [4.78, 5) is 43.3. The zero-order valence-corrected chi connectivity index (χ0v) is 13.4. The van der Waals surface area contributed by atoms with Crippen molar-refractivity contribution in [2.75, 3.05) is 16.9 Å². The van der Waals surface area contributed by atoms with E-state index in [4.69, 9.17) is 0 Å². The summed E-state index contributed by atoms with van der Waals surface area (Å²) in [7, 11) is 0. The lowest BCUT2D eigenvalue weighted by atomic mass is 9.92. The number of hydrogen-bond donors (Lipinski definition) is 3. The minimum atomic E-state index is -0.996. The summed E-state index contributed by atoms with van der Waals surface area (Å²) in [5.41, 5.74) is -0.136. The third kappa shape index (κ3) is 3.16. The van der Waals surface area contributed by atoms with Crippen LogP contribution in [0.1, 0.15) is 17.9 Å².